The van der Waals surface area contributed by atoms with Gasteiger partial charge < -0.3 is 15.5 Å². The maximum atomic E-state index is 12.0. The van der Waals surface area contributed by atoms with Crippen molar-refractivity contribution in [2.75, 3.05) is 46.8 Å². The summed E-state index contributed by atoms with van der Waals surface area (Å²) in [5.41, 5.74) is -0.457. The Morgan fingerprint density at radius 2 is 1.70 bits per heavy atom. The van der Waals surface area contributed by atoms with Crippen molar-refractivity contribution in [3.63, 3.8) is 0 Å². The lowest BCUT2D eigenvalue weighted by Gasteiger charge is -2.43. The number of piperazine rings is 1. The minimum absolute atomic E-state index is 0.0484. The summed E-state index contributed by atoms with van der Waals surface area (Å²) in [7, 11) is 3.52. The molecular formula is C21H41N5O. The number of amides is 1. The monoisotopic (exact) mass is 379 g/mol. The number of nitrogens with one attached hydrogen (secondary N) is 2. The van der Waals surface area contributed by atoms with Crippen molar-refractivity contribution in [2.24, 2.45) is 22.2 Å². The molecular weight excluding hydrogens is 338 g/mol. The second kappa shape index (κ2) is 9.76. The summed E-state index contributed by atoms with van der Waals surface area (Å²) >= 11 is 0. The molecule has 2 aliphatic rings. The Morgan fingerprint density at radius 3 is 2.19 bits per heavy atom. The van der Waals surface area contributed by atoms with Crippen molar-refractivity contribution in [1.29, 1.82) is 0 Å². The number of carbonyl (C=O) groups excluding carboxylic acids is 1. The number of hydrogen-bond donors (Lipinski definition) is 2. The fraction of sp³-hybridized carbons (Fsp3) is 0.905. The van der Waals surface area contributed by atoms with E-state index in [0.29, 0.717) is 6.54 Å². The number of guanidine groups is 1. The van der Waals surface area contributed by atoms with E-state index >= 15 is 0 Å². The molecule has 27 heavy (non-hydrogen) atoms. The van der Waals surface area contributed by atoms with Gasteiger partial charge >= 0.3 is 0 Å². The smallest absolute Gasteiger partial charge is 0.227 e. The van der Waals surface area contributed by atoms with E-state index in [1.807, 2.05) is 20.9 Å². The van der Waals surface area contributed by atoms with Gasteiger partial charge in [0.1, 0.15) is 0 Å². The molecule has 2 N–H and O–H groups in total. The summed E-state index contributed by atoms with van der Waals surface area (Å²) in [5.74, 6) is 2.72. The van der Waals surface area contributed by atoms with E-state index in [1.165, 1.54) is 25.7 Å². The van der Waals surface area contributed by atoms with Gasteiger partial charge in [-0.05, 0) is 51.4 Å². The lowest BCUT2D eigenvalue weighted by molar-refractivity contribution is -0.128. The second-order valence-corrected chi connectivity index (χ2v) is 9.20. The number of nitrogens with zero attached hydrogens (tertiary/aromatic N) is 3. The molecule has 1 heterocycles. The molecule has 1 saturated heterocycles. The largest absolute Gasteiger partial charge is 0.359 e. The maximum Gasteiger partial charge on any atom is 0.227 e. The summed E-state index contributed by atoms with van der Waals surface area (Å²) in [5, 5.41) is 6.14. The fourth-order valence-corrected chi connectivity index (χ4v) is 4.48. The summed E-state index contributed by atoms with van der Waals surface area (Å²) in [4.78, 5) is 21.4. The molecule has 1 saturated carbocycles. The molecule has 0 atom stereocenters. The average Bonchev–Trinajstić information content (AvgIpc) is 2.68. The van der Waals surface area contributed by atoms with Gasteiger partial charge in [0.2, 0.25) is 5.91 Å². The van der Waals surface area contributed by atoms with Gasteiger partial charge in [-0.15, -0.1) is 0 Å². The lowest BCUT2D eigenvalue weighted by atomic mass is 9.79. The lowest BCUT2D eigenvalue weighted by Crippen LogP contribution is -2.56. The Hall–Kier alpha value is -1.30. The van der Waals surface area contributed by atoms with Crippen LogP contribution in [0.25, 0.3) is 0 Å². The molecule has 0 unspecified atom stereocenters. The first-order chi connectivity index (χ1) is 12.8. The molecule has 2 rings (SSSR count). The van der Waals surface area contributed by atoms with Crippen molar-refractivity contribution in [2.45, 2.75) is 59.4 Å². The van der Waals surface area contributed by atoms with E-state index in [4.69, 9.17) is 0 Å². The quantitative estimate of drug-likeness (QED) is 0.568. The van der Waals surface area contributed by atoms with Gasteiger partial charge in [0.15, 0.2) is 5.96 Å². The average molecular weight is 380 g/mol. The van der Waals surface area contributed by atoms with Crippen LogP contribution < -0.4 is 10.6 Å². The van der Waals surface area contributed by atoms with Gasteiger partial charge in [0.25, 0.3) is 0 Å². The normalized spacial score (nSPS) is 25.6. The highest BCUT2D eigenvalue weighted by Crippen LogP contribution is 2.32. The Balaban J connectivity index is 1.79. The maximum absolute atomic E-state index is 12.0. The third-order valence-corrected chi connectivity index (χ3v) is 6.56. The van der Waals surface area contributed by atoms with Crippen LogP contribution in [-0.4, -0.2) is 74.5 Å². The highest BCUT2D eigenvalue weighted by atomic mass is 16.2. The Kier molecular flexibility index (Phi) is 7.95. The zero-order chi connectivity index (χ0) is 20.0. The molecule has 1 amide bonds. The number of rotatable bonds is 5. The van der Waals surface area contributed by atoms with Gasteiger partial charge in [-0.1, -0.05) is 13.8 Å². The van der Waals surface area contributed by atoms with Gasteiger partial charge in [-0.2, -0.15) is 0 Å². The molecule has 6 heteroatoms. The van der Waals surface area contributed by atoms with Crippen LogP contribution in [-0.2, 0) is 4.79 Å². The number of hydrogen-bond acceptors (Lipinski definition) is 3. The molecule has 156 valence electrons. The van der Waals surface area contributed by atoms with E-state index in [9.17, 15) is 4.79 Å². The third-order valence-electron chi connectivity index (χ3n) is 6.56. The molecule has 0 aromatic rings. The minimum atomic E-state index is -0.457. The summed E-state index contributed by atoms with van der Waals surface area (Å²) in [6.07, 6.45) is 5.49. The van der Waals surface area contributed by atoms with Crippen LogP contribution >= 0.6 is 0 Å². The highest BCUT2D eigenvalue weighted by Gasteiger charge is 2.31. The van der Waals surface area contributed by atoms with Crippen molar-refractivity contribution in [3.8, 4) is 0 Å². The zero-order valence-corrected chi connectivity index (χ0v) is 18.3. The summed E-state index contributed by atoms with van der Waals surface area (Å²) in [6.45, 7) is 13.5. The molecule has 0 bridgehead atoms. The van der Waals surface area contributed by atoms with Crippen LogP contribution in [0.5, 0.6) is 0 Å². The number of aliphatic imine (C=N–C) groups is 1. The van der Waals surface area contributed by atoms with E-state index in [1.54, 1.807) is 7.05 Å². The summed E-state index contributed by atoms with van der Waals surface area (Å²) < 4.78 is 0. The van der Waals surface area contributed by atoms with Crippen molar-refractivity contribution in [3.05, 3.63) is 0 Å². The third kappa shape index (κ3) is 5.84. The first kappa shape index (κ1) is 22.0. The van der Waals surface area contributed by atoms with Crippen LogP contribution in [0.3, 0.4) is 0 Å². The molecule has 0 spiro atoms. The van der Waals surface area contributed by atoms with Crippen LogP contribution in [0.15, 0.2) is 4.99 Å². The molecule has 0 aromatic carbocycles. The molecule has 6 nitrogen and oxygen atoms in total. The molecule has 0 aromatic heterocycles. The SMILES string of the molecule is CN=C(NCC(C)(C)C(=O)NC)N1CCN(C2CCC(C(C)C)CC2)CC1. The van der Waals surface area contributed by atoms with Crippen LogP contribution in [0.1, 0.15) is 53.4 Å². The van der Waals surface area contributed by atoms with Crippen LogP contribution in [0, 0.1) is 17.3 Å². The highest BCUT2D eigenvalue weighted by molar-refractivity contribution is 5.84. The van der Waals surface area contributed by atoms with Crippen LogP contribution in [0.2, 0.25) is 0 Å². The Morgan fingerprint density at radius 1 is 1.11 bits per heavy atom. The standard InChI is InChI=1S/C21H41N5O/c1-16(2)17-7-9-18(10-8-17)25-11-13-26(14-12-25)20(23-6)24-15-21(3,4)19(27)22-5/h16-18H,7-15H2,1-6H3,(H,22,27)(H,23,24). The molecule has 0 radical (unpaired) electrons. The molecule has 1 aliphatic carbocycles. The predicted octanol–water partition coefficient (Wildman–Crippen LogP) is 2.17. The van der Waals surface area contributed by atoms with E-state index in [-0.39, 0.29) is 5.91 Å². The van der Waals surface area contributed by atoms with Crippen molar-refractivity contribution >= 4 is 11.9 Å². The first-order valence-electron chi connectivity index (χ1n) is 10.7. The van der Waals surface area contributed by atoms with E-state index in [2.05, 4.69) is 39.3 Å². The van der Waals surface area contributed by atoms with Crippen molar-refractivity contribution in [1.82, 2.24) is 20.4 Å². The minimum Gasteiger partial charge on any atom is -0.359 e. The Bertz CT molecular complexity index is 501. The van der Waals surface area contributed by atoms with Gasteiger partial charge in [-0.3, -0.25) is 14.7 Å². The zero-order valence-electron chi connectivity index (χ0n) is 18.3. The van der Waals surface area contributed by atoms with Gasteiger partial charge in [0.05, 0.1) is 5.41 Å². The summed E-state index contributed by atoms with van der Waals surface area (Å²) in [6, 6.07) is 0.768. The van der Waals surface area contributed by atoms with Gasteiger partial charge in [-0.25, -0.2) is 0 Å². The van der Waals surface area contributed by atoms with Crippen LogP contribution in [0.4, 0.5) is 0 Å². The van der Waals surface area contributed by atoms with Gasteiger partial charge in [0, 0.05) is 52.9 Å². The van der Waals surface area contributed by atoms with E-state index in [0.717, 1.165) is 50.0 Å². The topological polar surface area (TPSA) is 60.0 Å². The second-order valence-electron chi connectivity index (χ2n) is 9.20. The molecule has 1 aliphatic heterocycles. The predicted molar refractivity (Wildman–Crippen MR) is 113 cm³/mol. The first-order valence-corrected chi connectivity index (χ1v) is 10.7. The molecule has 2 fully saturated rings. The number of carbonyl (C=O) groups is 1. The van der Waals surface area contributed by atoms with Crippen molar-refractivity contribution < 1.29 is 4.79 Å². The Labute approximate surface area is 166 Å². The van der Waals surface area contributed by atoms with E-state index < -0.39 is 5.41 Å². The fourth-order valence-electron chi connectivity index (χ4n) is 4.48.